The fourth-order valence-corrected chi connectivity index (χ4v) is 3.33. The van der Waals surface area contributed by atoms with Crippen LogP contribution in [0.4, 0.5) is 0 Å². The molecule has 1 aromatic heterocycles. The van der Waals surface area contributed by atoms with Crippen LogP contribution in [0, 0.1) is 0 Å². The van der Waals surface area contributed by atoms with Gasteiger partial charge in [-0.15, -0.1) is 11.3 Å². The maximum atomic E-state index is 5.96. The Morgan fingerprint density at radius 2 is 2.29 bits per heavy atom. The summed E-state index contributed by atoms with van der Waals surface area (Å²) in [5, 5.41) is 0. The third kappa shape index (κ3) is 2.07. The molecule has 2 aliphatic rings. The molecule has 0 spiro atoms. The fraction of sp³-hybridized carbons (Fsp3) is 0.231. The van der Waals surface area contributed by atoms with E-state index in [1.54, 1.807) is 18.4 Å². The molecule has 0 aromatic carbocycles. The molecule has 0 radical (unpaired) electrons. The van der Waals surface area contributed by atoms with E-state index in [-0.39, 0.29) is 6.10 Å². The van der Waals surface area contributed by atoms with Crippen LogP contribution in [0.3, 0.4) is 0 Å². The third-order valence-corrected chi connectivity index (χ3v) is 4.50. The molecular weight excluding hydrogens is 300 g/mol. The second-order valence-corrected chi connectivity index (χ2v) is 6.39. The average Bonchev–Trinajstić information content (AvgIpc) is 2.93. The maximum absolute atomic E-state index is 5.96. The van der Waals surface area contributed by atoms with E-state index in [0.717, 1.165) is 26.6 Å². The molecule has 0 saturated carbocycles. The number of hydrogen-bond donors (Lipinski definition) is 0. The zero-order valence-corrected chi connectivity index (χ0v) is 11.7. The molecule has 0 fully saturated rings. The summed E-state index contributed by atoms with van der Waals surface area (Å²) >= 11 is 5.15. The molecule has 17 heavy (non-hydrogen) atoms. The van der Waals surface area contributed by atoms with E-state index in [2.05, 4.69) is 34.1 Å². The van der Waals surface area contributed by atoms with E-state index in [9.17, 15) is 0 Å². The molecule has 88 valence electrons. The Bertz CT molecular complexity index is 539. The minimum atomic E-state index is 0.117. The van der Waals surface area contributed by atoms with Gasteiger partial charge in [-0.1, -0.05) is 6.08 Å². The Morgan fingerprint density at radius 1 is 1.41 bits per heavy atom. The minimum Gasteiger partial charge on any atom is -0.501 e. The number of hydrogen-bond acceptors (Lipinski definition) is 3. The van der Waals surface area contributed by atoms with E-state index < -0.39 is 0 Å². The maximum Gasteiger partial charge on any atom is 0.137 e. The monoisotopic (exact) mass is 310 g/mol. The van der Waals surface area contributed by atoms with E-state index in [1.807, 2.05) is 12.1 Å². The first-order valence-corrected chi connectivity index (χ1v) is 6.96. The Balaban J connectivity index is 1.87. The van der Waals surface area contributed by atoms with Crippen molar-refractivity contribution in [2.75, 3.05) is 7.11 Å². The lowest BCUT2D eigenvalue weighted by atomic mass is 10.0. The molecule has 0 amide bonds. The van der Waals surface area contributed by atoms with Gasteiger partial charge < -0.3 is 9.47 Å². The van der Waals surface area contributed by atoms with Gasteiger partial charge in [0.1, 0.15) is 11.9 Å². The lowest BCUT2D eigenvalue weighted by Gasteiger charge is -2.18. The summed E-state index contributed by atoms with van der Waals surface area (Å²) in [6.07, 6.45) is 7.13. The minimum absolute atomic E-state index is 0.117. The van der Waals surface area contributed by atoms with Gasteiger partial charge in [0.15, 0.2) is 0 Å². The highest BCUT2D eigenvalue weighted by atomic mass is 79.9. The first-order chi connectivity index (χ1) is 8.26. The predicted octanol–water partition coefficient (Wildman–Crippen LogP) is 4.11. The normalized spacial score (nSPS) is 22.2. The van der Waals surface area contributed by atoms with Crippen LogP contribution in [0.1, 0.15) is 11.3 Å². The van der Waals surface area contributed by atoms with Crippen molar-refractivity contribution in [3.63, 3.8) is 0 Å². The second-order valence-electron chi connectivity index (χ2n) is 3.93. The molecule has 1 aliphatic carbocycles. The van der Waals surface area contributed by atoms with Crippen LogP contribution in [0.5, 0.6) is 0 Å². The molecule has 1 atom stereocenters. The van der Waals surface area contributed by atoms with Crippen molar-refractivity contribution in [1.29, 1.82) is 0 Å². The summed E-state index contributed by atoms with van der Waals surface area (Å²) in [6.45, 7) is 0. The molecule has 1 aliphatic heterocycles. The molecule has 3 rings (SSSR count). The summed E-state index contributed by atoms with van der Waals surface area (Å²) in [5.41, 5.74) is 1.23. The number of methoxy groups -OCH3 is 1. The topological polar surface area (TPSA) is 18.5 Å². The lowest BCUT2D eigenvalue weighted by Crippen LogP contribution is -2.13. The molecule has 0 N–H and O–H groups in total. The molecular formula is C13H11BrO2S. The predicted molar refractivity (Wildman–Crippen MR) is 72.7 cm³/mol. The van der Waals surface area contributed by atoms with Gasteiger partial charge in [0.25, 0.3) is 0 Å². The largest absolute Gasteiger partial charge is 0.501 e. The second kappa shape index (κ2) is 4.35. The number of fused-ring (bicyclic) bond motifs is 1. The fourth-order valence-electron chi connectivity index (χ4n) is 1.98. The van der Waals surface area contributed by atoms with Crippen LogP contribution >= 0.6 is 27.3 Å². The number of allylic oxidation sites excluding steroid dienone is 2. The highest BCUT2D eigenvalue weighted by Gasteiger charge is 2.28. The average molecular weight is 311 g/mol. The molecule has 4 heteroatoms. The van der Waals surface area contributed by atoms with Crippen LogP contribution in [-0.4, -0.2) is 13.2 Å². The Hall–Kier alpha value is -1.00. The number of thiophene rings is 1. The van der Waals surface area contributed by atoms with Gasteiger partial charge in [-0.05, 0) is 45.8 Å². The molecule has 1 aromatic rings. The molecule has 1 unspecified atom stereocenters. The van der Waals surface area contributed by atoms with Crippen molar-refractivity contribution in [2.24, 2.45) is 0 Å². The van der Waals surface area contributed by atoms with E-state index in [0.29, 0.717) is 0 Å². The van der Waals surface area contributed by atoms with Crippen LogP contribution < -0.4 is 0 Å². The van der Waals surface area contributed by atoms with E-state index in [4.69, 9.17) is 9.47 Å². The first kappa shape index (κ1) is 11.1. The Morgan fingerprint density at radius 3 is 3.00 bits per heavy atom. The van der Waals surface area contributed by atoms with Gasteiger partial charge in [0.2, 0.25) is 0 Å². The quantitative estimate of drug-likeness (QED) is 0.818. The van der Waals surface area contributed by atoms with Crippen molar-refractivity contribution < 1.29 is 9.47 Å². The van der Waals surface area contributed by atoms with Gasteiger partial charge in [-0.2, -0.15) is 0 Å². The third-order valence-electron chi connectivity index (χ3n) is 2.87. The molecule has 0 saturated heterocycles. The van der Waals surface area contributed by atoms with Crippen molar-refractivity contribution >= 4 is 33.0 Å². The summed E-state index contributed by atoms with van der Waals surface area (Å²) in [4.78, 5) is 1.16. The smallest absolute Gasteiger partial charge is 0.137 e. The SMILES string of the molecule is COC1=CC=C2C=C(c3ccc(Br)s3)OC2C1. The number of halogens is 1. The number of ether oxygens (including phenoxy) is 2. The van der Waals surface area contributed by atoms with Crippen LogP contribution in [-0.2, 0) is 9.47 Å². The van der Waals surface area contributed by atoms with Crippen LogP contribution in [0.15, 0.2) is 45.5 Å². The standard InChI is InChI=1S/C13H11BrO2S/c1-15-9-3-2-8-6-11(16-10(8)7-9)12-4-5-13(14)17-12/h2-6,10H,7H2,1H3. The highest BCUT2D eigenvalue weighted by molar-refractivity contribution is 9.11. The van der Waals surface area contributed by atoms with Gasteiger partial charge >= 0.3 is 0 Å². The van der Waals surface area contributed by atoms with E-state index in [1.165, 1.54) is 5.57 Å². The number of rotatable bonds is 2. The highest BCUT2D eigenvalue weighted by Crippen LogP contribution is 2.38. The summed E-state index contributed by atoms with van der Waals surface area (Å²) < 4.78 is 12.3. The van der Waals surface area contributed by atoms with Crippen molar-refractivity contribution in [3.05, 3.63) is 50.4 Å². The van der Waals surface area contributed by atoms with Crippen LogP contribution in [0.25, 0.3) is 5.76 Å². The Kier molecular flexibility index (Phi) is 2.84. The zero-order valence-electron chi connectivity index (χ0n) is 9.27. The van der Waals surface area contributed by atoms with Gasteiger partial charge in [0.05, 0.1) is 21.5 Å². The first-order valence-electron chi connectivity index (χ1n) is 5.35. The van der Waals surface area contributed by atoms with Crippen molar-refractivity contribution in [3.8, 4) is 0 Å². The molecule has 2 heterocycles. The van der Waals surface area contributed by atoms with Gasteiger partial charge in [-0.25, -0.2) is 0 Å². The zero-order chi connectivity index (χ0) is 11.8. The van der Waals surface area contributed by atoms with Crippen LogP contribution in [0.2, 0.25) is 0 Å². The van der Waals surface area contributed by atoms with E-state index >= 15 is 0 Å². The molecule has 0 bridgehead atoms. The molecule has 2 nitrogen and oxygen atoms in total. The van der Waals surface area contributed by atoms with Crippen molar-refractivity contribution in [2.45, 2.75) is 12.5 Å². The lowest BCUT2D eigenvalue weighted by molar-refractivity contribution is 0.180. The summed E-state index contributed by atoms with van der Waals surface area (Å²) in [5.74, 6) is 1.93. The summed E-state index contributed by atoms with van der Waals surface area (Å²) in [7, 11) is 1.70. The summed E-state index contributed by atoms with van der Waals surface area (Å²) in [6, 6.07) is 4.11. The van der Waals surface area contributed by atoms with Gasteiger partial charge in [-0.3, -0.25) is 0 Å². The van der Waals surface area contributed by atoms with Crippen molar-refractivity contribution in [1.82, 2.24) is 0 Å². The Labute approximate surface area is 112 Å². The van der Waals surface area contributed by atoms with Gasteiger partial charge in [0, 0.05) is 6.42 Å².